The fourth-order valence-corrected chi connectivity index (χ4v) is 3.38. The van der Waals surface area contributed by atoms with Crippen LogP contribution < -0.4 is 0 Å². The Balaban J connectivity index is 2.06. The lowest BCUT2D eigenvalue weighted by atomic mass is 9.99. The molecule has 1 unspecified atom stereocenters. The maximum Gasteiger partial charge on any atom is 0.0441 e. The van der Waals surface area contributed by atoms with E-state index in [0.717, 1.165) is 5.92 Å². The molecule has 0 N–H and O–H groups in total. The van der Waals surface area contributed by atoms with E-state index in [9.17, 15) is 0 Å². The second-order valence-corrected chi connectivity index (χ2v) is 5.90. The van der Waals surface area contributed by atoms with Gasteiger partial charge < -0.3 is 0 Å². The highest BCUT2D eigenvalue weighted by molar-refractivity contribution is 7.10. The fourth-order valence-electron chi connectivity index (χ4n) is 2.48. The summed E-state index contributed by atoms with van der Waals surface area (Å²) in [6, 6.07) is 5.19. The first-order valence-electron chi connectivity index (χ1n) is 6.05. The fraction of sp³-hybridized carbons (Fsp3) is 0.692. The van der Waals surface area contributed by atoms with Crippen LogP contribution >= 0.6 is 11.3 Å². The van der Waals surface area contributed by atoms with Crippen molar-refractivity contribution in [2.45, 2.75) is 39.2 Å². The summed E-state index contributed by atoms with van der Waals surface area (Å²) in [6.45, 7) is 7.18. The number of nitrogens with zero attached hydrogens (tertiary/aromatic N) is 1. The molecule has 1 aromatic heterocycles. The number of thiophene rings is 1. The molecule has 1 aromatic rings. The van der Waals surface area contributed by atoms with Crippen molar-refractivity contribution in [3.8, 4) is 0 Å². The van der Waals surface area contributed by atoms with Crippen molar-refractivity contribution in [3.63, 3.8) is 0 Å². The van der Waals surface area contributed by atoms with Crippen molar-refractivity contribution >= 4 is 11.3 Å². The minimum Gasteiger partial charge on any atom is -0.295 e. The summed E-state index contributed by atoms with van der Waals surface area (Å²) >= 11 is 1.92. The molecule has 0 bridgehead atoms. The van der Waals surface area contributed by atoms with Gasteiger partial charge in [-0.3, -0.25) is 4.90 Å². The molecule has 1 fully saturated rings. The van der Waals surface area contributed by atoms with E-state index in [-0.39, 0.29) is 0 Å². The molecule has 1 saturated heterocycles. The molecule has 2 rings (SSSR count). The maximum absolute atomic E-state index is 2.68. The van der Waals surface area contributed by atoms with Crippen molar-refractivity contribution in [1.82, 2.24) is 4.90 Å². The van der Waals surface area contributed by atoms with Crippen LogP contribution in [0.2, 0.25) is 0 Å². The molecule has 1 aliphatic rings. The molecule has 0 saturated carbocycles. The molecule has 2 heterocycles. The van der Waals surface area contributed by atoms with Crippen LogP contribution in [-0.2, 0) is 0 Å². The Morgan fingerprint density at radius 2 is 2.33 bits per heavy atom. The standard InChI is InChI=1S/C13H21NS/c1-11(2)10-14-8-4-3-6-12(14)13-7-5-9-15-13/h5,7,9,11-12H,3-4,6,8,10H2,1-2H3. The van der Waals surface area contributed by atoms with Gasteiger partial charge in [0.05, 0.1) is 0 Å². The third-order valence-corrected chi connectivity index (χ3v) is 4.06. The largest absolute Gasteiger partial charge is 0.295 e. The highest BCUT2D eigenvalue weighted by Gasteiger charge is 2.24. The Morgan fingerprint density at radius 3 is 3.00 bits per heavy atom. The summed E-state index contributed by atoms with van der Waals surface area (Å²) in [4.78, 5) is 4.25. The zero-order valence-electron chi connectivity index (χ0n) is 9.78. The van der Waals surface area contributed by atoms with Crippen molar-refractivity contribution in [3.05, 3.63) is 22.4 Å². The monoisotopic (exact) mass is 223 g/mol. The third kappa shape index (κ3) is 2.82. The van der Waals surface area contributed by atoms with E-state index in [0.29, 0.717) is 6.04 Å². The second-order valence-electron chi connectivity index (χ2n) is 4.92. The lowest BCUT2D eigenvalue weighted by molar-refractivity contribution is 0.134. The Bertz CT molecular complexity index is 279. The first kappa shape index (κ1) is 11.2. The second kappa shape index (κ2) is 5.13. The van der Waals surface area contributed by atoms with Crippen LogP contribution in [0.15, 0.2) is 17.5 Å². The number of hydrogen-bond donors (Lipinski definition) is 0. The smallest absolute Gasteiger partial charge is 0.0441 e. The summed E-state index contributed by atoms with van der Waals surface area (Å²) in [7, 11) is 0. The normalized spacial score (nSPS) is 23.5. The van der Waals surface area contributed by atoms with Gasteiger partial charge in [-0.15, -0.1) is 11.3 Å². The highest BCUT2D eigenvalue weighted by Crippen LogP contribution is 2.33. The van der Waals surface area contributed by atoms with E-state index < -0.39 is 0 Å². The van der Waals surface area contributed by atoms with E-state index >= 15 is 0 Å². The van der Waals surface area contributed by atoms with Crippen LogP contribution in [0.25, 0.3) is 0 Å². The Hall–Kier alpha value is -0.340. The number of piperidine rings is 1. The number of hydrogen-bond acceptors (Lipinski definition) is 2. The van der Waals surface area contributed by atoms with Crippen LogP contribution in [0.5, 0.6) is 0 Å². The van der Waals surface area contributed by atoms with Crippen LogP contribution in [-0.4, -0.2) is 18.0 Å². The van der Waals surface area contributed by atoms with Gasteiger partial charge in [-0.2, -0.15) is 0 Å². The van der Waals surface area contributed by atoms with Crippen LogP contribution in [0.3, 0.4) is 0 Å². The lowest BCUT2D eigenvalue weighted by Gasteiger charge is -2.36. The van der Waals surface area contributed by atoms with E-state index in [1.807, 2.05) is 11.3 Å². The highest BCUT2D eigenvalue weighted by atomic mass is 32.1. The molecule has 0 amide bonds. The third-order valence-electron chi connectivity index (χ3n) is 3.08. The quantitative estimate of drug-likeness (QED) is 0.750. The molecule has 0 radical (unpaired) electrons. The van der Waals surface area contributed by atoms with Gasteiger partial charge in [0.2, 0.25) is 0 Å². The summed E-state index contributed by atoms with van der Waals surface area (Å²) in [5.41, 5.74) is 0. The predicted molar refractivity (Wildman–Crippen MR) is 67.3 cm³/mol. The molecular weight excluding hydrogens is 202 g/mol. The summed E-state index contributed by atoms with van der Waals surface area (Å²) in [5.74, 6) is 0.783. The molecular formula is C13H21NS. The summed E-state index contributed by atoms with van der Waals surface area (Å²) in [5, 5.41) is 2.21. The first-order chi connectivity index (χ1) is 7.27. The van der Waals surface area contributed by atoms with Gasteiger partial charge in [-0.05, 0) is 36.8 Å². The minimum absolute atomic E-state index is 0.709. The zero-order chi connectivity index (χ0) is 10.7. The van der Waals surface area contributed by atoms with E-state index in [4.69, 9.17) is 0 Å². The average molecular weight is 223 g/mol. The Kier molecular flexibility index (Phi) is 3.81. The van der Waals surface area contributed by atoms with Crippen LogP contribution in [0, 0.1) is 5.92 Å². The average Bonchev–Trinajstić information content (AvgIpc) is 2.70. The van der Waals surface area contributed by atoms with Gasteiger partial charge >= 0.3 is 0 Å². The molecule has 15 heavy (non-hydrogen) atoms. The summed E-state index contributed by atoms with van der Waals surface area (Å²) < 4.78 is 0. The molecule has 1 nitrogen and oxygen atoms in total. The molecule has 0 aliphatic carbocycles. The first-order valence-corrected chi connectivity index (χ1v) is 6.93. The Morgan fingerprint density at radius 1 is 1.47 bits per heavy atom. The van der Waals surface area contributed by atoms with Crippen molar-refractivity contribution in [2.24, 2.45) is 5.92 Å². The van der Waals surface area contributed by atoms with Crippen LogP contribution in [0.1, 0.15) is 44.0 Å². The SMILES string of the molecule is CC(C)CN1CCCCC1c1cccs1. The van der Waals surface area contributed by atoms with Gasteiger partial charge in [0.15, 0.2) is 0 Å². The predicted octanol–water partition coefficient (Wildman–Crippen LogP) is 3.93. The molecule has 1 atom stereocenters. The molecule has 1 aliphatic heterocycles. The zero-order valence-corrected chi connectivity index (χ0v) is 10.6. The van der Waals surface area contributed by atoms with E-state index in [2.05, 4.69) is 36.3 Å². The minimum atomic E-state index is 0.709. The molecule has 0 spiro atoms. The Labute approximate surface area is 97.1 Å². The number of likely N-dealkylation sites (tertiary alicyclic amines) is 1. The van der Waals surface area contributed by atoms with Gasteiger partial charge in [0.1, 0.15) is 0 Å². The van der Waals surface area contributed by atoms with Gasteiger partial charge in [0.25, 0.3) is 0 Å². The maximum atomic E-state index is 2.68. The lowest BCUT2D eigenvalue weighted by Crippen LogP contribution is -2.35. The molecule has 84 valence electrons. The van der Waals surface area contributed by atoms with Crippen molar-refractivity contribution < 1.29 is 0 Å². The van der Waals surface area contributed by atoms with Crippen LogP contribution in [0.4, 0.5) is 0 Å². The van der Waals surface area contributed by atoms with Gasteiger partial charge in [-0.25, -0.2) is 0 Å². The van der Waals surface area contributed by atoms with E-state index in [1.165, 1.54) is 32.4 Å². The summed E-state index contributed by atoms with van der Waals surface area (Å²) in [6.07, 6.45) is 4.14. The molecule has 0 aromatic carbocycles. The van der Waals surface area contributed by atoms with Gasteiger partial charge in [0, 0.05) is 17.5 Å². The van der Waals surface area contributed by atoms with Crippen molar-refractivity contribution in [1.29, 1.82) is 0 Å². The number of rotatable bonds is 3. The van der Waals surface area contributed by atoms with Crippen molar-refractivity contribution in [2.75, 3.05) is 13.1 Å². The molecule has 2 heteroatoms. The van der Waals surface area contributed by atoms with Gasteiger partial charge in [-0.1, -0.05) is 26.3 Å². The topological polar surface area (TPSA) is 3.24 Å². The van der Waals surface area contributed by atoms with E-state index in [1.54, 1.807) is 4.88 Å².